The van der Waals surface area contributed by atoms with E-state index in [0.29, 0.717) is 30.3 Å². The Bertz CT molecular complexity index is 563. The molecule has 4 nitrogen and oxygen atoms in total. The first kappa shape index (κ1) is 16.3. The Balaban J connectivity index is 1.87. The summed E-state index contributed by atoms with van der Waals surface area (Å²) in [6, 6.07) is 6.86. The van der Waals surface area contributed by atoms with Gasteiger partial charge in [0.2, 0.25) is 0 Å². The van der Waals surface area contributed by atoms with Crippen LogP contribution in [0, 0.1) is 18.3 Å². The lowest BCUT2D eigenvalue weighted by molar-refractivity contribution is 0.0582. The summed E-state index contributed by atoms with van der Waals surface area (Å²) in [5, 5.41) is 0. The molecular weight excluding hydrogens is 278 g/mol. The molecule has 1 aliphatic heterocycles. The minimum atomic E-state index is 0.00628. The highest BCUT2D eigenvalue weighted by Crippen LogP contribution is 2.19. The maximum absolute atomic E-state index is 12.4. The highest BCUT2D eigenvalue weighted by Gasteiger charge is 2.23. The third-order valence-electron chi connectivity index (χ3n) is 3.98. The van der Waals surface area contributed by atoms with E-state index in [1.807, 2.05) is 4.90 Å². The van der Waals surface area contributed by atoms with Crippen LogP contribution in [0.1, 0.15) is 40.5 Å². The summed E-state index contributed by atoms with van der Waals surface area (Å²) in [6.07, 6.45) is 7.02. The highest BCUT2D eigenvalue weighted by molar-refractivity contribution is 5.97. The first-order chi connectivity index (χ1) is 10.6. The number of hydrogen-bond donors (Lipinski definition) is 0. The lowest BCUT2D eigenvalue weighted by Crippen LogP contribution is -2.39. The number of Topliss-reactive ketones (excluding diaryl/α,β-unsaturated/α-hetero) is 1. The maximum atomic E-state index is 12.4. The monoisotopic (exact) mass is 299 g/mol. The standard InChI is InChI=1S/C18H21NO3/c1-3-12-22-13-15-8-10-19(11-9-15)18(21)17-6-4-16(5-7-17)14(2)20/h1,4-7,15H,8-13H2,2H3. The number of hydrogen-bond acceptors (Lipinski definition) is 3. The minimum Gasteiger partial charge on any atom is -0.369 e. The van der Waals surface area contributed by atoms with E-state index in [-0.39, 0.29) is 11.7 Å². The second kappa shape index (κ2) is 7.77. The molecule has 0 radical (unpaired) electrons. The van der Waals surface area contributed by atoms with Gasteiger partial charge in [0.1, 0.15) is 6.61 Å². The Labute approximate surface area is 131 Å². The van der Waals surface area contributed by atoms with Crippen molar-refractivity contribution in [1.29, 1.82) is 0 Å². The molecule has 1 heterocycles. The first-order valence-electron chi connectivity index (χ1n) is 7.53. The summed E-state index contributed by atoms with van der Waals surface area (Å²) in [4.78, 5) is 25.5. The molecular formula is C18H21NO3. The summed E-state index contributed by atoms with van der Waals surface area (Å²) in [6.45, 7) is 4.00. The first-order valence-corrected chi connectivity index (χ1v) is 7.53. The molecule has 1 aromatic rings. The van der Waals surface area contributed by atoms with Crippen molar-refractivity contribution < 1.29 is 14.3 Å². The van der Waals surface area contributed by atoms with Gasteiger partial charge in [0.05, 0.1) is 6.61 Å². The van der Waals surface area contributed by atoms with Crippen molar-refractivity contribution in [1.82, 2.24) is 4.90 Å². The Hall–Kier alpha value is -2.12. The quantitative estimate of drug-likeness (QED) is 0.476. The van der Waals surface area contributed by atoms with Crippen LogP contribution in [0.4, 0.5) is 0 Å². The number of carbonyl (C=O) groups is 2. The van der Waals surface area contributed by atoms with Crippen molar-refractivity contribution in [2.45, 2.75) is 19.8 Å². The van der Waals surface area contributed by atoms with Crippen LogP contribution < -0.4 is 0 Å². The van der Waals surface area contributed by atoms with Gasteiger partial charge in [-0.3, -0.25) is 9.59 Å². The number of carbonyl (C=O) groups excluding carboxylic acids is 2. The van der Waals surface area contributed by atoms with Crippen molar-refractivity contribution in [2.75, 3.05) is 26.3 Å². The van der Waals surface area contributed by atoms with E-state index < -0.39 is 0 Å². The van der Waals surface area contributed by atoms with Crippen molar-refractivity contribution in [2.24, 2.45) is 5.92 Å². The number of amides is 1. The van der Waals surface area contributed by atoms with Crippen LogP contribution >= 0.6 is 0 Å². The molecule has 1 fully saturated rings. The van der Waals surface area contributed by atoms with E-state index in [9.17, 15) is 9.59 Å². The van der Waals surface area contributed by atoms with Gasteiger partial charge in [-0.25, -0.2) is 0 Å². The lowest BCUT2D eigenvalue weighted by atomic mass is 9.97. The molecule has 0 N–H and O–H groups in total. The number of terminal acetylenes is 1. The number of likely N-dealkylation sites (tertiary alicyclic amines) is 1. The third kappa shape index (κ3) is 4.19. The lowest BCUT2D eigenvalue weighted by Gasteiger charge is -2.31. The average Bonchev–Trinajstić information content (AvgIpc) is 2.55. The van der Waals surface area contributed by atoms with E-state index in [4.69, 9.17) is 11.2 Å². The summed E-state index contributed by atoms with van der Waals surface area (Å²) < 4.78 is 5.37. The zero-order chi connectivity index (χ0) is 15.9. The number of ether oxygens (including phenoxy) is 1. The Morgan fingerprint density at radius 1 is 1.23 bits per heavy atom. The average molecular weight is 299 g/mol. The molecule has 4 heteroatoms. The van der Waals surface area contributed by atoms with E-state index >= 15 is 0 Å². The Morgan fingerprint density at radius 3 is 2.36 bits per heavy atom. The van der Waals surface area contributed by atoms with Gasteiger partial charge in [-0.1, -0.05) is 18.1 Å². The highest BCUT2D eigenvalue weighted by atomic mass is 16.5. The minimum absolute atomic E-state index is 0.00628. The molecule has 0 atom stereocenters. The Kier molecular flexibility index (Phi) is 5.74. The number of piperidine rings is 1. The van der Waals surface area contributed by atoms with Crippen molar-refractivity contribution in [3.63, 3.8) is 0 Å². The summed E-state index contributed by atoms with van der Waals surface area (Å²) in [5.74, 6) is 2.96. The molecule has 22 heavy (non-hydrogen) atoms. The summed E-state index contributed by atoms with van der Waals surface area (Å²) >= 11 is 0. The van der Waals surface area contributed by atoms with Crippen LogP contribution in [-0.4, -0.2) is 42.9 Å². The molecule has 0 aromatic heterocycles. The van der Waals surface area contributed by atoms with Gasteiger partial charge in [-0.05, 0) is 37.8 Å². The van der Waals surface area contributed by atoms with Crippen LogP contribution in [0.5, 0.6) is 0 Å². The topological polar surface area (TPSA) is 46.6 Å². The number of ketones is 1. The predicted octanol–water partition coefficient (Wildman–Crippen LogP) is 2.39. The summed E-state index contributed by atoms with van der Waals surface area (Å²) in [5.41, 5.74) is 1.26. The third-order valence-corrected chi connectivity index (χ3v) is 3.98. The molecule has 0 unspecified atom stereocenters. The van der Waals surface area contributed by atoms with Crippen molar-refractivity contribution in [3.8, 4) is 12.3 Å². The molecule has 1 aliphatic rings. The Morgan fingerprint density at radius 2 is 1.82 bits per heavy atom. The second-order valence-corrected chi connectivity index (χ2v) is 5.59. The van der Waals surface area contributed by atoms with Crippen LogP contribution in [-0.2, 0) is 4.74 Å². The SMILES string of the molecule is C#CCOCC1CCN(C(=O)c2ccc(C(C)=O)cc2)CC1. The van der Waals surface area contributed by atoms with Gasteiger partial charge in [-0.2, -0.15) is 0 Å². The van der Waals surface area contributed by atoms with Gasteiger partial charge in [-0.15, -0.1) is 6.42 Å². The van der Waals surface area contributed by atoms with Gasteiger partial charge in [0.25, 0.3) is 5.91 Å². The summed E-state index contributed by atoms with van der Waals surface area (Å²) in [7, 11) is 0. The number of rotatable bonds is 5. The molecule has 2 rings (SSSR count). The number of nitrogens with zero attached hydrogens (tertiary/aromatic N) is 1. The number of benzene rings is 1. The van der Waals surface area contributed by atoms with Crippen molar-refractivity contribution >= 4 is 11.7 Å². The van der Waals surface area contributed by atoms with Crippen molar-refractivity contribution in [3.05, 3.63) is 35.4 Å². The van der Waals surface area contributed by atoms with E-state index in [2.05, 4.69) is 5.92 Å². The maximum Gasteiger partial charge on any atom is 0.253 e. The zero-order valence-electron chi connectivity index (χ0n) is 12.9. The van der Waals surface area contributed by atoms with E-state index in [1.54, 1.807) is 24.3 Å². The molecule has 1 aromatic carbocycles. The second-order valence-electron chi connectivity index (χ2n) is 5.59. The fourth-order valence-electron chi connectivity index (χ4n) is 2.62. The smallest absolute Gasteiger partial charge is 0.253 e. The molecule has 1 amide bonds. The molecule has 1 saturated heterocycles. The van der Waals surface area contributed by atoms with Crippen LogP contribution in [0.25, 0.3) is 0 Å². The van der Waals surface area contributed by atoms with Gasteiger partial charge in [0.15, 0.2) is 5.78 Å². The molecule has 0 spiro atoms. The van der Waals surface area contributed by atoms with Gasteiger partial charge >= 0.3 is 0 Å². The van der Waals surface area contributed by atoms with E-state index in [0.717, 1.165) is 25.9 Å². The fraction of sp³-hybridized carbons (Fsp3) is 0.444. The predicted molar refractivity (Wildman–Crippen MR) is 84.7 cm³/mol. The van der Waals surface area contributed by atoms with Crippen LogP contribution in [0.3, 0.4) is 0 Å². The molecule has 0 saturated carbocycles. The van der Waals surface area contributed by atoms with Crippen LogP contribution in [0.2, 0.25) is 0 Å². The molecule has 0 bridgehead atoms. The van der Waals surface area contributed by atoms with Gasteiger partial charge < -0.3 is 9.64 Å². The molecule has 0 aliphatic carbocycles. The van der Waals surface area contributed by atoms with Crippen LogP contribution in [0.15, 0.2) is 24.3 Å². The largest absolute Gasteiger partial charge is 0.369 e. The van der Waals surface area contributed by atoms with Gasteiger partial charge in [0, 0.05) is 24.2 Å². The fourth-order valence-corrected chi connectivity index (χ4v) is 2.62. The molecule has 116 valence electrons. The van der Waals surface area contributed by atoms with E-state index in [1.165, 1.54) is 6.92 Å². The normalized spacial score (nSPS) is 15.4. The zero-order valence-corrected chi connectivity index (χ0v) is 12.9.